The topological polar surface area (TPSA) is 35.2 Å². The average Bonchev–Trinajstić information content (AvgIpc) is 2.25. The first-order chi connectivity index (χ1) is 7.84. The maximum Gasteiger partial charge on any atom is 0.403 e. The number of alkyl halides is 3. The van der Waals surface area contributed by atoms with Gasteiger partial charge in [0.2, 0.25) is 0 Å². The van der Waals surface area contributed by atoms with Gasteiger partial charge >= 0.3 is 6.18 Å². The largest absolute Gasteiger partial charge is 0.497 e. The molecule has 0 spiro atoms. The molecule has 0 aliphatic carbocycles. The minimum atomic E-state index is -4.44. The van der Waals surface area contributed by atoms with E-state index in [9.17, 15) is 17.6 Å². The Hall–Kier alpha value is -1.30. The summed E-state index contributed by atoms with van der Waals surface area (Å²) in [5.41, 5.74) is 5.13. The summed E-state index contributed by atoms with van der Waals surface area (Å²) in [6, 6.07) is 2.10. The Balaban J connectivity index is 2.64. The van der Waals surface area contributed by atoms with Crippen LogP contribution < -0.4 is 10.5 Å². The lowest BCUT2D eigenvalue weighted by atomic mass is 10.0. The van der Waals surface area contributed by atoms with Crippen LogP contribution in [0.4, 0.5) is 17.6 Å². The molecule has 17 heavy (non-hydrogen) atoms. The van der Waals surface area contributed by atoms with Crippen LogP contribution in [0.5, 0.6) is 5.75 Å². The Bertz CT molecular complexity index is 378. The highest BCUT2D eigenvalue weighted by atomic mass is 19.4. The number of aryl methyl sites for hydroxylation is 1. The third kappa shape index (κ3) is 3.89. The summed E-state index contributed by atoms with van der Waals surface area (Å²) >= 11 is 0. The van der Waals surface area contributed by atoms with Gasteiger partial charge in [0.15, 0.2) is 0 Å². The summed E-state index contributed by atoms with van der Waals surface area (Å²) < 4.78 is 54.6. The van der Waals surface area contributed by atoms with Crippen molar-refractivity contribution in [3.8, 4) is 5.75 Å². The zero-order valence-electron chi connectivity index (χ0n) is 9.22. The van der Waals surface area contributed by atoms with Crippen LogP contribution in [0.1, 0.15) is 12.0 Å². The number of rotatable bonds is 4. The maximum atomic E-state index is 13.4. The molecule has 1 aromatic rings. The first-order valence-electron chi connectivity index (χ1n) is 4.99. The molecule has 0 amide bonds. The molecule has 0 bridgehead atoms. The second-order valence-electron chi connectivity index (χ2n) is 3.64. The van der Waals surface area contributed by atoms with Crippen molar-refractivity contribution in [3.63, 3.8) is 0 Å². The molecule has 0 aliphatic heterocycles. The van der Waals surface area contributed by atoms with Crippen molar-refractivity contribution >= 4 is 0 Å². The lowest BCUT2D eigenvalue weighted by Gasteiger charge is -2.15. The summed E-state index contributed by atoms with van der Waals surface area (Å²) in [7, 11) is 1.38. The summed E-state index contributed by atoms with van der Waals surface area (Å²) in [6.07, 6.45) is -4.84. The lowest BCUT2D eigenvalue weighted by Crippen LogP contribution is -2.37. The zero-order valence-corrected chi connectivity index (χ0v) is 9.22. The molecular weight excluding hydrogens is 238 g/mol. The zero-order chi connectivity index (χ0) is 13.1. The van der Waals surface area contributed by atoms with E-state index in [0.717, 1.165) is 6.07 Å². The highest BCUT2D eigenvalue weighted by Gasteiger charge is 2.36. The molecule has 1 rings (SSSR count). The number of halogens is 4. The normalized spacial score (nSPS) is 13.5. The monoisotopic (exact) mass is 251 g/mol. The van der Waals surface area contributed by atoms with Crippen LogP contribution in [0.25, 0.3) is 0 Å². The molecule has 6 heteroatoms. The second-order valence-corrected chi connectivity index (χ2v) is 3.64. The van der Waals surface area contributed by atoms with Gasteiger partial charge < -0.3 is 10.5 Å². The van der Waals surface area contributed by atoms with E-state index in [1.807, 2.05) is 0 Å². The van der Waals surface area contributed by atoms with Crippen molar-refractivity contribution in [1.29, 1.82) is 0 Å². The van der Waals surface area contributed by atoms with Gasteiger partial charge in [-0.2, -0.15) is 13.2 Å². The Labute approximate surface area is 96.4 Å². The summed E-state index contributed by atoms with van der Waals surface area (Å²) in [4.78, 5) is 0. The molecule has 2 N–H and O–H groups in total. The van der Waals surface area contributed by atoms with Gasteiger partial charge in [0, 0.05) is 6.07 Å². The molecule has 0 saturated carbocycles. The fourth-order valence-corrected chi connectivity index (χ4v) is 1.33. The van der Waals surface area contributed by atoms with Gasteiger partial charge in [-0.25, -0.2) is 4.39 Å². The quantitative estimate of drug-likeness (QED) is 0.835. The summed E-state index contributed by atoms with van der Waals surface area (Å²) in [5, 5.41) is 0. The van der Waals surface area contributed by atoms with Crippen molar-refractivity contribution in [1.82, 2.24) is 0 Å². The maximum absolute atomic E-state index is 13.4. The van der Waals surface area contributed by atoms with Crippen molar-refractivity contribution in [3.05, 3.63) is 29.6 Å². The van der Waals surface area contributed by atoms with Gasteiger partial charge in [0.05, 0.1) is 7.11 Å². The van der Waals surface area contributed by atoms with E-state index in [0.29, 0.717) is 5.75 Å². The number of hydrogen-bond donors (Lipinski definition) is 1. The molecule has 0 saturated heterocycles. The van der Waals surface area contributed by atoms with Gasteiger partial charge in [-0.1, -0.05) is 6.07 Å². The Kier molecular flexibility index (Phi) is 4.34. The molecule has 0 radical (unpaired) electrons. The van der Waals surface area contributed by atoms with Gasteiger partial charge in [-0.05, 0) is 24.5 Å². The second kappa shape index (κ2) is 5.35. The Morgan fingerprint density at radius 2 is 2.00 bits per heavy atom. The molecule has 1 unspecified atom stereocenters. The predicted molar refractivity (Wildman–Crippen MR) is 55.3 cm³/mol. The first-order valence-corrected chi connectivity index (χ1v) is 4.99. The van der Waals surface area contributed by atoms with E-state index in [4.69, 9.17) is 10.5 Å². The number of benzene rings is 1. The van der Waals surface area contributed by atoms with Gasteiger partial charge in [-0.3, -0.25) is 0 Å². The van der Waals surface area contributed by atoms with Crippen molar-refractivity contribution < 1.29 is 22.3 Å². The fraction of sp³-hybridized carbons (Fsp3) is 0.455. The summed E-state index contributed by atoms with van der Waals surface area (Å²) in [5.74, 6) is -0.259. The molecule has 96 valence electrons. The Morgan fingerprint density at radius 1 is 1.35 bits per heavy atom. The van der Waals surface area contributed by atoms with Crippen LogP contribution in [0.3, 0.4) is 0 Å². The standard InChI is InChI=1S/C11H13F4NO/c1-17-8-4-2-7(9(12)6-8)3-5-10(16)11(13,14)15/h2,4,6,10H,3,5,16H2,1H3. The van der Waals surface area contributed by atoms with E-state index < -0.39 is 18.0 Å². The SMILES string of the molecule is COc1ccc(CCC(N)C(F)(F)F)c(F)c1. The van der Waals surface area contributed by atoms with E-state index >= 15 is 0 Å². The van der Waals surface area contributed by atoms with Crippen LogP contribution in [-0.4, -0.2) is 19.3 Å². The smallest absolute Gasteiger partial charge is 0.403 e. The van der Waals surface area contributed by atoms with E-state index in [1.165, 1.54) is 19.2 Å². The number of methoxy groups -OCH3 is 1. The van der Waals surface area contributed by atoms with Crippen LogP contribution in [0.2, 0.25) is 0 Å². The van der Waals surface area contributed by atoms with Crippen molar-refractivity contribution in [2.24, 2.45) is 5.73 Å². The van der Waals surface area contributed by atoms with Gasteiger partial charge in [0.1, 0.15) is 17.6 Å². The third-order valence-electron chi connectivity index (χ3n) is 2.41. The highest BCUT2D eigenvalue weighted by Crippen LogP contribution is 2.23. The lowest BCUT2D eigenvalue weighted by molar-refractivity contribution is -0.148. The highest BCUT2D eigenvalue weighted by molar-refractivity contribution is 5.29. The van der Waals surface area contributed by atoms with Crippen LogP contribution >= 0.6 is 0 Å². The molecule has 1 atom stereocenters. The van der Waals surface area contributed by atoms with Crippen LogP contribution in [0, 0.1) is 5.82 Å². The minimum absolute atomic E-state index is 0.0590. The summed E-state index contributed by atoms with van der Waals surface area (Å²) in [6.45, 7) is 0. The predicted octanol–water partition coefficient (Wildman–Crippen LogP) is 2.66. The average molecular weight is 251 g/mol. The van der Waals surface area contributed by atoms with E-state index in [-0.39, 0.29) is 18.4 Å². The van der Waals surface area contributed by atoms with E-state index in [2.05, 4.69) is 0 Å². The van der Waals surface area contributed by atoms with Gasteiger partial charge in [-0.15, -0.1) is 0 Å². The molecule has 0 aliphatic rings. The number of hydrogen-bond acceptors (Lipinski definition) is 2. The van der Waals surface area contributed by atoms with Crippen molar-refractivity contribution in [2.45, 2.75) is 25.1 Å². The van der Waals surface area contributed by atoms with Crippen LogP contribution in [-0.2, 0) is 6.42 Å². The van der Waals surface area contributed by atoms with Crippen molar-refractivity contribution in [2.75, 3.05) is 7.11 Å². The molecule has 0 heterocycles. The van der Waals surface area contributed by atoms with Crippen LogP contribution in [0.15, 0.2) is 18.2 Å². The Morgan fingerprint density at radius 3 is 2.47 bits per heavy atom. The fourth-order valence-electron chi connectivity index (χ4n) is 1.33. The van der Waals surface area contributed by atoms with Gasteiger partial charge in [0.25, 0.3) is 0 Å². The molecule has 0 fully saturated rings. The molecule has 1 aromatic carbocycles. The third-order valence-corrected chi connectivity index (χ3v) is 2.41. The first kappa shape index (κ1) is 13.8. The minimum Gasteiger partial charge on any atom is -0.497 e. The van der Waals surface area contributed by atoms with E-state index in [1.54, 1.807) is 0 Å². The molecule has 2 nitrogen and oxygen atoms in total. The number of ether oxygens (including phenoxy) is 1. The molecular formula is C11H13F4NO. The molecule has 0 aromatic heterocycles. The number of nitrogens with two attached hydrogens (primary N) is 1.